The van der Waals surface area contributed by atoms with Crippen LogP contribution in [0.1, 0.15) is 31.2 Å². The molecule has 18 heavy (non-hydrogen) atoms. The second-order valence-corrected chi connectivity index (χ2v) is 5.37. The molecule has 0 aromatic heterocycles. The van der Waals surface area contributed by atoms with Crippen LogP contribution in [0.3, 0.4) is 0 Å². The van der Waals surface area contributed by atoms with Crippen molar-refractivity contribution in [1.29, 1.82) is 0 Å². The van der Waals surface area contributed by atoms with Crippen LogP contribution >= 0.6 is 11.6 Å². The molecule has 1 N–H and O–H groups in total. The van der Waals surface area contributed by atoms with E-state index in [0.29, 0.717) is 23.4 Å². The van der Waals surface area contributed by atoms with Gasteiger partial charge in [0.2, 0.25) is 0 Å². The van der Waals surface area contributed by atoms with Crippen LogP contribution in [-0.2, 0) is 11.2 Å². The summed E-state index contributed by atoms with van der Waals surface area (Å²) in [5.74, 6) is -1.40. The molecule has 0 amide bonds. The average molecular weight is 271 g/mol. The molecule has 1 aliphatic carbocycles. The van der Waals surface area contributed by atoms with E-state index in [1.165, 1.54) is 6.07 Å². The predicted octanol–water partition coefficient (Wildman–Crippen LogP) is 3.91. The van der Waals surface area contributed by atoms with Gasteiger partial charge in [0, 0.05) is 5.02 Å². The number of carboxylic acid groups (broad SMARTS) is 1. The zero-order valence-electron chi connectivity index (χ0n) is 10.0. The summed E-state index contributed by atoms with van der Waals surface area (Å²) >= 11 is 5.70. The molecule has 0 bridgehead atoms. The van der Waals surface area contributed by atoms with E-state index in [0.717, 1.165) is 19.3 Å². The molecule has 2 nitrogen and oxygen atoms in total. The fourth-order valence-electron chi connectivity index (χ4n) is 2.75. The van der Waals surface area contributed by atoms with E-state index in [1.807, 2.05) is 0 Å². The minimum Gasteiger partial charge on any atom is -0.481 e. The topological polar surface area (TPSA) is 37.3 Å². The molecule has 2 rings (SSSR count). The zero-order chi connectivity index (χ0) is 13.1. The Morgan fingerprint density at radius 3 is 2.78 bits per heavy atom. The zero-order valence-corrected chi connectivity index (χ0v) is 10.8. The summed E-state index contributed by atoms with van der Waals surface area (Å²) in [5, 5.41) is 9.56. The smallest absolute Gasteiger partial charge is 0.306 e. The first-order valence-electron chi connectivity index (χ1n) is 6.24. The number of carboxylic acids is 1. The molecule has 0 aliphatic heterocycles. The van der Waals surface area contributed by atoms with Crippen molar-refractivity contribution in [3.05, 3.63) is 34.6 Å². The molecule has 1 saturated carbocycles. The van der Waals surface area contributed by atoms with Gasteiger partial charge in [0.25, 0.3) is 0 Å². The van der Waals surface area contributed by atoms with Gasteiger partial charge in [-0.2, -0.15) is 0 Å². The summed E-state index contributed by atoms with van der Waals surface area (Å²) in [6.07, 6.45) is 4.04. The Morgan fingerprint density at radius 2 is 2.11 bits per heavy atom. The van der Waals surface area contributed by atoms with Crippen LogP contribution in [0, 0.1) is 17.7 Å². The molecule has 1 aromatic rings. The van der Waals surface area contributed by atoms with Crippen molar-refractivity contribution in [1.82, 2.24) is 0 Å². The van der Waals surface area contributed by atoms with Crippen LogP contribution in [0.4, 0.5) is 4.39 Å². The normalized spacial score (nSPS) is 23.9. The summed E-state index contributed by atoms with van der Waals surface area (Å²) in [6, 6.07) is 4.60. The lowest BCUT2D eigenvalue weighted by atomic mass is 9.76. The molecule has 2 atom stereocenters. The van der Waals surface area contributed by atoms with Crippen LogP contribution in [0.5, 0.6) is 0 Å². The Kier molecular flexibility index (Phi) is 4.23. The lowest BCUT2D eigenvalue weighted by Crippen LogP contribution is -2.28. The fraction of sp³-hybridized carbons (Fsp3) is 0.500. The molecule has 2 unspecified atom stereocenters. The average Bonchev–Trinajstić information content (AvgIpc) is 2.33. The van der Waals surface area contributed by atoms with E-state index in [2.05, 4.69) is 0 Å². The second kappa shape index (κ2) is 5.70. The summed E-state index contributed by atoms with van der Waals surface area (Å²) in [7, 11) is 0. The van der Waals surface area contributed by atoms with Gasteiger partial charge in [-0.3, -0.25) is 4.79 Å². The molecule has 1 aromatic carbocycles. The van der Waals surface area contributed by atoms with Crippen LogP contribution in [-0.4, -0.2) is 11.1 Å². The maximum absolute atomic E-state index is 13.7. The highest BCUT2D eigenvalue weighted by Crippen LogP contribution is 2.33. The van der Waals surface area contributed by atoms with E-state index in [1.54, 1.807) is 12.1 Å². The number of carbonyl (C=O) groups is 1. The highest BCUT2D eigenvalue weighted by molar-refractivity contribution is 6.30. The molecule has 0 spiro atoms. The first kappa shape index (κ1) is 13.3. The van der Waals surface area contributed by atoms with Gasteiger partial charge >= 0.3 is 5.97 Å². The maximum atomic E-state index is 13.7. The summed E-state index contributed by atoms with van der Waals surface area (Å²) < 4.78 is 13.7. The Hall–Kier alpha value is -1.09. The van der Waals surface area contributed by atoms with Crippen molar-refractivity contribution in [2.75, 3.05) is 0 Å². The Bertz CT molecular complexity index is 447. The number of halogens is 2. The molecule has 0 radical (unpaired) electrons. The highest BCUT2D eigenvalue weighted by Gasteiger charge is 2.31. The summed E-state index contributed by atoms with van der Waals surface area (Å²) in [6.45, 7) is 0. The van der Waals surface area contributed by atoms with E-state index in [-0.39, 0.29) is 17.7 Å². The molecular formula is C14H16ClFO2. The summed E-state index contributed by atoms with van der Waals surface area (Å²) in [5.41, 5.74) is 0.567. The van der Waals surface area contributed by atoms with Crippen molar-refractivity contribution in [2.24, 2.45) is 11.8 Å². The van der Waals surface area contributed by atoms with Crippen LogP contribution < -0.4 is 0 Å². The predicted molar refractivity (Wildman–Crippen MR) is 68.2 cm³/mol. The van der Waals surface area contributed by atoms with Crippen LogP contribution in [0.15, 0.2) is 18.2 Å². The van der Waals surface area contributed by atoms with Crippen molar-refractivity contribution in [3.63, 3.8) is 0 Å². The third-order valence-corrected chi connectivity index (χ3v) is 3.96. The highest BCUT2D eigenvalue weighted by atomic mass is 35.5. The Balaban J connectivity index is 2.13. The number of aliphatic carboxylic acids is 1. The van der Waals surface area contributed by atoms with E-state index in [9.17, 15) is 14.3 Å². The van der Waals surface area contributed by atoms with Crippen molar-refractivity contribution in [3.8, 4) is 0 Å². The molecule has 1 aliphatic rings. The minimum atomic E-state index is -0.755. The summed E-state index contributed by atoms with van der Waals surface area (Å²) in [4.78, 5) is 11.2. The molecule has 4 heteroatoms. The third kappa shape index (κ3) is 3.02. The van der Waals surface area contributed by atoms with E-state index in [4.69, 9.17) is 11.6 Å². The van der Waals surface area contributed by atoms with Gasteiger partial charge in [-0.1, -0.05) is 30.5 Å². The van der Waals surface area contributed by atoms with Gasteiger partial charge in [-0.15, -0.1) is 0 Å². The Morgan fingerprint density at radius 1 is 1.39 bits per heavy atom. The monoisotopic (exact) mass is 270 g/mol. The molecule has 0 heterocycles. The number of hydrogen-bond donors (Lipinski definition) is 1. The van der Waals surface area contributed by atoms with E-state index < -0.39 is 5.97 Å². The first-order valence-corrected chi connectivity index (χ1v) is 6.62. The lowest BCUT2D eigenvalue weighted by molar-refractivity contribution is -0.144. The third-order valence-electron chi connectivity index (χ3n) is 3.72. The molecular weight excluding hydrogens is 255 g/mol. The van der Waals surface area contributed by atoms with Crippen LogP contribution in [0.25, 0.3) is 0 Å². The number of benzene rings is 1. The number of rotatable bonds is 3. The van der Waals surface area contributed by atoms with Crippen molar-refractivity contribution in [2.45, 2.75) is 32.1 Å². The largest absolute Gasteiger partial charge is 0.481 e. The SMILES string of the molecule is O=C(O)C1CCCCC1Cc1ccc(Cl)cc1F. The molecule has 1 fully saturated rings. The van der Waals surface area contributed by atoms with Gasteiger partial charge < -0.3 is 5.11 Å². The second-order valence-electron chi connectivity index (χ2n) is 4.93. The molecule has 98 valence electrons. The van der Waals surface area contributed by atoms with Gasteiger partial charge in [0.15, 0.2) is 0 Å². The lowest BCUT2D eigenvalue weighted by Gasteiger charge is -2.28. The quantitative estimate of drug-likeness (QED) is 0.904. The maximum Gasteiger partial charge on any atom is 0.306 e. The Labute approximate surface area is 111 Å². The van der Waals surface area contributed by atoms with Gasteiger partial charge in [-0.05, 0) is 42.9 Å². The van der Waals surface area contributed by atoms with Crippen molar-refractivity contribution >= 4 is 17.6 Å². The first-order chi connectivity index (χ1) is 8.58. The number of hydrogen-bond acceptors (Lipinski definition) is 1. The van der Waals surface area contributed by atoms with E-state index >= 15 is 0 Å². The van der Waals surface area contributed by atoms with Gasteiger partial charge in [-0.25, -0.2) is 4.39 Å². The fourth-order valence-corrected chi connectivity index (χ4v) is 2.91. The van der Waals surface area contributed by atoms with Gasteiger partial charge in [0.05, 0.1) is 5.92 Å². The van der Waals surface area contributed by atoms with Crippen molar-refractivity contribution < 1.29 is 14.3 Å². The standard InChI is InChI=1S/C14H16ClFO2/c15-11-6-5-10(13(16)8-11)7-9-3-1-2-4-12(9)14(17)18/h5-6,8-9,12H,1-4,7H2,(H,17,18). The van der Waals surface area contributed by atoms with Crippen LogP contribution in [0.2, 0.25) is 5.02 Å². The molecule has 0 saturated heterocycles. The minimum absolute atomic E-state index is 0.0342. The van der Waals surface area contributed by atoms with Gasteiger partial charge in [0.1, 0.15) is 5.82 Å².